The third kappa shape index (κ3) is 18.0. The number of esters is 1. The van der Waals surface area contributed by atoms with Gasteiger partial charge in [-0.2, -0.15) is 0 Å². The molecule has 0 saturated heterocycles. The molecule has 0 aromatic carbocycles. The summed E-state index contributed by atoms with van der Waals surface area (Å²) in [5.74, 6) is 29.4. The molecule has 0 amide bonds. The van der Waals surface area contributed by atoms with Gasteiger partial charge in [-0.05, 0) is 116 Å². The molecule has 184 valence electrons. The Morgan fingerprint density at radius 3 is 1.73 bits per heavy atom. The molecule has 8 heteroatoms. The second-order valence-electron chi connectivity index (χ2n) is 7.80. The lowest BCUT2D eigenvalue weighted by atomic mass is 10.4. The smallest absolute Gasteiger partial charge is 0.429 e. The Balaban J connectivity index is 5.19. The van der Waals surface area contributed by atoms with Crippen LogP contribution in [-0.4, -0.2) is 48.7 Å². The van der Waals surface area contributed by atoms with Crippen molar-refractivity contribution in [2.24, 2.45) is 0 Å². The highest BCUT2D eigenvalue weighted by molar-refractivity contribution is 6.98. The summed E-state index contributed by atoms with van der Waals surface area (Å²) in [4.78, 5) is 11.4. The van der Waals surface area contributed by atoms with E-state index in [1.54, 1.807) is 6.92 Å². The molecule has 0 radical (unpaired) electrons. The number of carbonyl (C=O) groups is 1. The predicted molar refractivity (Wildman–Crippen MR) is 160 cm³/mol. The van der Waals surface area contributed by atoms with Crippen LogP contribution >= 0.6 is 0 Å². The SMILES string of the molecule is C#CC#CC#C[Si](C#CC#CC#C)(C#CC#CC#C)O[SiH2]CC[Si](C)(C)O[SiH2]CCCOC(=O)C(=C)C. The van der Waals surface area contributed by atoms with E-state index in [2.05, 4.69) is 107 Å². The Morgan fingerprint density at radius 2 is 1.27 bits per heavy atom. The van der Waals surface area contributed by atoms with Gasteiger partial charge in [-0.3, -0.25) is 0 Å². The summed E-state index contributed by atoms with van der Waals surface area (Å²) in [6.45, 7) is 9.98. The van der Waals surface area contributed by atoms with E-state index >= 15 is 0 Å². The van der Waals surface area contributed by atoms with E-state index in [1.807, 2.05) is 0 Å². The molecular formula is C29H28O4Si4. The maximum Gasteiger partial charge on any atom is 0.429 e. The molecule has 0 bridgehead atoms. The predicted octanol–water partition coefficient (Wildman–Crippen LogP) is 1.22. The third-order valence-corrected chi connectivity index (χ3v) is 15.8. The molecule has 37 heavy (non-hydrogen) atoms. The first-order valence-electron chi connectivity index (χ1n) is 11.3. The largest absolute Gasteiger partial charge is 0.462 e. The first-order valence-corrected chi connectivity index (χ1v) is 19.4. The Bertz CT molecular complexity index is 1210. The Kier molecular flexibility index (Phi) is 18.1. The van der Waals surface area contributed by atoms with Crippen LogP contribution in [0.2, 0.25) is 31.2 Å². The Morgan fingerprint density at radius 1 is 0.784 bits per heavy atom. The maximum absolute atomic E-state index is 11.4. The highest BCUT2D eigenvalue weighted by atomic mass is 28.4. The van der Waals surface area contributed by atoms with Gasteiger partial charge in [0.1, 0.15) is 19.5 Å². The van der Waals surface area contributed by atoms with Crippen LogP contribution in [0.5, 0.6) is 0 Å². The van der Waals surface area contributed by atoms with Crippen molar-refractivity contribution < 1.29 is 17.8 Å². The molecule has 0 heterocycles. The molecule has 0 aliphatic rings. The van der Waals surface area contributed by atoms with Gasteiger partial charge in [-0.1, -0.05) is 23.2 Å². The lowest BCUT2D eigenvalue weighted by Gasteiger charge is -2.24. The van der Waals surface area contributed by atoms with Gasteiger partial charge in [0.05, 0.1) is 6.61 Å². The lowest BCUT2D eigenvalue weighted by molar-refractivity contribution is -0.138. The van der Waals surface area contributed by atoms with Gasteiger partial charge in [0.15, 0.2) is 8.32 Å². The fourth-order valence-electron chi connectivity index (χ4n) is 2.40. The highest BCUT2D eigenvalue weighted by Crippen LogP contribution is 2.15. The van der Waals surface area contributed by atoms with Crippen molar-refractivity contribution in [1.82, 2.24) is 0 Å². The highest BCUT2D eigenvalue weighted by Gasteiger charge is 2.31. The van der Waals surface area contributed by atoms with Gasteiger partial charge in [0.25, 0.3) is 0 Å². The molecular weight excluding hydrogens is 525 g/mol. The van der Waals surface area contributed by atoms with Crippen LogP contribution in [0.25, 0.3) is 0 Å². The van der Waals surface area contributed by atoms with E-state index in [0.29, 0.717) is 12.2 Å². The summed E-state index contributed by atoms with van der Waals surface area (Å²) in [5.41, 5.74) is 9.35. The third-order valence-electron chi connectivity index (χ3n) is 4.16. The van der Waals surface area contributed by atoms with Gasteiger partial charge in [-0.25, -0.2) is 4.79 Å². The average Bonchev–Trinajstić information content (AvgIpc) is 2.86. The molecule has 0 aromatic heterocycles. The van der Waals surface area contributed by atoms with Crippen LogP contribution in [0.1, 0.15) is 13.3 Å². The molecule has 0 aliphatic carbocycles. The summed E-state index contributed by atoms with van der Waals surface area (Å²) in [6, 6.07) is 2.77. The van der Waals surface area contributed by atoms with E-state index in [9.17, 15) is 4.79 Å². The zero-order valence-electron chi connectivity index (χ0n) is 21.5. The lowest BCUT2D eigenvalue weighted by Crippen LogP contribution is -2.38. The molecule has 0 rings (SSSR count). The number of terminal acetylenes is 3. The second-order valence-corrected chi connectivity index (χ2v) is 18.5. The number of carbonyl (C=O) groups excluding carboxylic acids is 1. The summed E-state index contributed by atoms with van der Waals surface area (Å²) in [6.07, 6.45) is 16.3. The van der Waals surface area contributed by atoms with E-state index in [1.165, 1.54) is 0 Å². The minimum Gasteiger partial charge on any atom is -0.462 e. The van der Waals surface area contributed by atoms with Crippen molar-refractivity contribution in [2.75, 3.05) is 6.61 Å². The first kappa shape index (κ1) is 33.0. The normalized spacial score (nSPS) is 9.41. The Labute approximate surface area is 229 Å². The van der Waals surface area contributed by atoms with Crippen LogP contribution in [0.4, 0.5) is 0 Å². The van der Waals surface area contributed by atoms with Gasteiger partial charge >= 0.3 is 14.3 Å². The van der Waals surface area contributed by atoms with Gasteiger partial charge in [0.2, 0.25) is 0 Å². The van der Waals surface area contributed by atoms with Crippen molar-refractivity contribution in [2.45, 2.75) is 44.6 Å². The molecule has 0 spiro atoms. The van der Waals surface area contributed by atoms with Crippen molar-refractivity contribution in [3.63, 3.8) is 0 Å². The summed E-state index contributed by atoms with van der Waals surface area (Å²) in [7, 11) is -6.79. The molecule has 0 fully saturated rings. The fraction of sp³-hybridized carbons (Fsp3) is 0.276. The van der Waals surface area contributed by atoms with E-state index in [-0.39, 0.29) is 5.97 Å². The van der Waals surface area contributed by atoms with Crippen molar-refractivity contribution in [1.29, 1.82) is 0 Å². The zero-order valence-corrected chi connectivity index (χ0v) is 26.4. The van der Waals surface area contributed by atoms with E-state index in [4.69, 9.17) is 32.2 Å². The van der Waals surface area contributed by atoms with Gasteiger partial charge in [-0.15, -0.1) is 19.3 Å². The molecule has 4 nitrogen and oxygen atoms in total. The molecule has 0 N–H and O–H groups in total. The molecule has 0 aliphatic heterocycles. The van der Waals surface area contributed by atoms with E-state index in [0.717, 1.165) is 24.6 Å². The van der Waals surface area contributed by atoms with Crippen LogP contribution in [-0.2, 0) is 17.8 Å². The van der Waals surface area contributed by atoms with Gasteiger partial charge in [0, 0.05) is 5.57 Å². The zero-order chi connectivity index (χ0) is 27.8. The molecule has 0 saturated carbocycles. The summed E-state index contributed by atoms with van der Waals surface area (Å²) < 4.78 is 17.7. The minimum absolute atomic E-state index is 0.352. The van der Waals surface area contributed by atoms with E-state index < -0.39 is 36.2 Å². The second kappa shape index (κ2) is 20.3. The minimum atomic E-state index is -3.20. The monoisotopic (exact) mass is 552 g/mol. The maximum atomic E-state index is 11.4. The average molecular weight is 553 g/mol. The quantitative estimate of drug-likeness (QED) is 0.120. The number of hydrogen-bond donors (Lipinski definition) is 0. The van der Waals surface area contributed by atoms with Gasteiger partial charge < -0.3 is 13.0 Å². The fourth-order valence-corrected chi connectivity index (χ4v) is 13.7. The van der Waals surface area contributed by atoms with Crippen LogP contribution in [0.3, 0.4) is 0 Å². The number of rotatable bonds is 12. The van der Waals surface area contributed by atoms with Crippen molar-refractivity contribution in [3.05, 3.63) is 12.2 Å². The van der Waals surface area contributed by atoms with Crippen LogP contribution in [0, 0.1) is 107 Å². The number of ether oxygens (including phenoxy) is 1. The van der Waals surface area contributed by atoms with Crippen molar-refractivity contribution >= 4 is 42.1 Å². The summed E-state index contributed by atoms with van der Waals surface area (Å²) in [5, 5.41) is 0. The topological polar surface area (TPSA) is 44.8 Å². The standard InChI is InChI=1S/C29H28O4Si4/c1-8-11-14-17-24-37(25-18-15-12-9-2,26-19-16-13-10-3)33-35-23-27-36(6,7)32-34-22-20-21-31-29(30)28(4)5/h1-3H,4,20-23,27,34-35H2,5-7H3. The molecule has 0 aromatic rings. The molecule has 0 unspecified atom stereocenters. The Hall–Kier alpha value is -3.96. The first-order chi connectivity index (χ1) is 17.7. The van der Waals surface area contributed by atoms with Crippen molar-refractivity contribution in [3.8, 4) is 107 Å². The van der Waals surface area contributed by atoms with Crippen LogP contribution < -0.4 is 0 Å². The molecule has 0 atom stereocenters. The summed E-state index contributed by atoms with van der Waals surface area (Å²) >= 11 is 0. The number of hydrogen-bond acceptors (Lipinski definition) is 4. The van der Waals surface area contributed by atoms with Crippen LogP contribution in [0.15, 0.2) is 12.2 Å².